The predicted molar refractivity (Wildman–Crippen MR) is 79.2 cm³/mol. The number of nitrogen functional groups attached to an aromatic ring is 1. The summed E-state index contributed by atoms with van der Waals surface area (Å²) >= 11 is 0. The van der Waals surface area contributed by atoms with Crippen LogP contribution in [0.1, 0.15) is 11.1 Å². The number of hydrogen-bond donors (Lipinski definition) is 1. The molecular formula is C15H19N3O. The lowest BCUT2D eigenvalue weighted by Gasteiger charge is -2.22. The monoisotopic (exact) mass is 257 g/mol. The van der Waals surface area contributed by atoms with Gasteiger partial charge in [-0.15, -0.1) is 0 Å². The zero-order chi connectivity index (χ0) is 14.0. The minimum absolute atomic E-state index is 0.556. The molecule has 100 valence electrons. The van der Waals surface area contributed by atoms with Crippen LogP contribution < -0.4 is 15.4 Å². The molecule has 4 nitrogen and oxygen atoms in total. The molecule has 2 rings (SSSR count). The van der Waals surface area contributed by atoms with E-state index in [-0.39, 0.29) is 0 Å². The zero-order valence-corrected chi connectivity index (χ0v) is 11.8. The predicted octanol–water partition coefficient (Wildman–Crippen LogP) is 3.06. The molecule has 0 bridgehead atoms. The van der Waals surface area contributed by atoms with Gasteiger partial charge in [0.25, 0.3) is 0 Å². The Morgan fingerprint density at radius 3 is 2.53 bits per heavy atom. The van der Waals surface area contributed by atoms with E-state index in [1.54, 1.807) is 19.2 Å². The first-order valence-electron chi connectivity index (χ1n) is 6.14. The molecule has 0 radical (unpaired) electrons. The molecule has 0 spiro atoms. The molecule has 0 amide bonds. The molecule has 4 heteroatoms. The van der Waals surface area contributed by atoms with E-state index in [1.807, 2.05) is 11.9 Å². The molecule has 0 unspecified atom stereocenters. The Bertz CT molecular complexity index is 596. The lowest BCUT2D eigenvalue weighted by molar-refractivity contribution is 0.398. The number of rotatable bonds is 3. The first kappa shape index (κ1) is 13.2. The van der Waals surface area contributed by atoms with Gasteiger partial charge in [-0.25, -0.2) is 0 Å². The maximum atomic E-state index is 6.00. The van der Waals surface area contributed by atoms with Crippen LogP contribution in [0.5, 0.6) is 5.88 Å². The van der Waals surface area contributed by atoms with Crippen molar-refractivity contribution in [1.82, 2.24) is 4.98 Å². The standard InChI is InChI=1S/C15H19N3O/c1-10-5-7-13(11(2)9-10)18(3)15-12(16)6-8-14(17-15)19-4/h5-9H,16H2,1-4H3. The van der Waals surface area contributed by atoms with Gasteiger partial charge in [0.1, 0.15) is 0 Å². The van der Waals surface area contributed by atoms with Crippen molar-refractivity contribution >= 4 is 17.2 Å². The average molecular weight is 257 g/mol. The third kappa shape index (κ3) is 2.62. The molecular weight excluding hydrogens is 238 g/mol. The molecule has 0 fully saturated rings. The van der Waals surface area contributed by atoms with Crippen LogP contribution in [0.2, 0.25) is 0 Å². The average Bonchev–Trinajstić information content (AvgIpc) is 2.38. The highest BCUT2D eigenvalue weighted by Crippen LogP contribution is 2.31. The highest BCUT2D eigenvalue weighted by atomic mass is 16.5. The Labute approximate surface area is 113 Å². The second kappa shape index (κ2) is 5.18. The summed E-state index contributed by atoms with van der Waals surface area (Å²) in [5, 5.41) is 0. The van der Waals surface area contributed by atoms with E-state index >= 15 is 0 Å². The quantitative estimate of drug-likeness (QED) is 0.918. The van der Waals surface area contributed by atoms with Crippen molar-refractivity contribution < 1.29 is 4.74 Å². The number of nitrogens with two attached hydrogens (primary N) is 1. The number of anilines is 3. The number of benzene rings is 1. The molecule has 2 aromatic rings. The van der Waals surface area contributed by atoms with E-state index in [9.17, 15) is 0 Å². The number of pyridine rings is 1. The molecule has 0 atom stereocenters. The van der Waals surface area contributed by atoms with E-state index in [2.05, 4.69) is 37.0 Å². The molecule has 0 saturated carbocycles. The molecule has 0 aliphatic carbocycles. The van der Waals surface area contributed by atoms with Crippen molar-refractivity contribution in [1.29, 1.82) is 0 Å². The van der Waals surface area contributed by atoms with Crippen molar-refractivity contribution in [2.24, 2.45) is 0 Å². The van der Waals surface area contributed by atoms with E-state index in [0.29, 0.717) is 17.4 Å². The van der Waals surface area contributed by atoms with Gasteiger partial charge in [0, 0.05) is 18.8 Å². The fourth-order valence-corrected chi connectivity index (χ4v) is 2.12. The van der Waals surface area contributed by atoms with Gasteiger partial charge in [-0.3, -0.25) is 0 Å². The van der Waals surface area contributed by atoms with E-state index < -0.39 is 0 Å². The summed E-state index contributed by atoms with van der Waals surface area (Å²) in [5.41, 5.74) is 10.1. The fourth-order valence-electron chi connectivity index (χ4n) is 2.12. The minimum Gasteiger partial charge on any atom is -0.481 e. The first-order valence-corrected chi connectivity index (χ1v) is 6.14. The van der Waals surface area contributed by atoms with Gasteiger partial charge < -0.3 is 15.4 Å². The molecule has 1 aromatic heterocycles. The summed E-state index contributed by atoms with van der Waals surface area (Å²) in [6.45, 7) is 4.16. The van der Waals surface area contributed by atoms with Crippen molar-refractivity contribution in [3.8, 4) is 5.88 Å². The molecule has 1 aromatic carbocycles. The van der Waals surface area contributed by atoms with Crippen molar-refractivity contribution in [2.75, 3.05) is 24.8 Å². The summed E-state index contributed by atoms with van der Waals surface area (Å²) < 4.78 is 5.15. The third-order valence-corrected chi connectivity index (χ3v) is 3.12. The summed E-state index contributed by atoms with van der Waals surface area (Å²) in [4.78, 5) is 6.39. The lowest BCUT2D eigenvalue weighted by Crippen LogP contribution is -2.15. The van der Waals surface area contributed by atoms with Crippen LogP contribution in [0, 0.1) is 13.8 Å². The Hall–Kier alpha value is -2.23. The number of ether oxygens (including phenoxy) is 1. The Morgan fingerprint density at radius 1 is 1.16 bits per heavy atom. The Morgan fingerprint density at radius 2 is 1.89 bits per heavy atom. The molecule has 2 N–H and O–H groups in total. The number of hydrogen-bond acceptors (Lipinski definition) is 4. The first-order chi connectivity index (χ1) is 9.02. The second-order valence-electron chi connectivity index (χ2n) is 4.62. The van der Waals surface area contributed by atoms with Crippen LogP contribution in [-0.4, -0.2) is 19.1 Å². The topological polar surface area (TPSA) is 51.4 Å². The fraction of sp³-hybridized carbons (Fsp3) is 0.267. The third-order valence-electron chi connectivity index (χ3n) is 3.12. The number of methoxy groups -OCH3 is 1. The second-order valence-corrected chi connectivity index (χ2v) is 4.62. The zero-order valence-electron chi connectivity index (χ0n) is 11.8. The van der Waals surface area contributed by atoms with Gasteiger partial charge in [-0.05, 0) is 31.5 Å². The molecule has 0 aliphatic heterocycles. The number of nitrogens with zero attached hydrogens (tertiary/aromatic N) is 2. The minimum atomic E-state index is 0.556. The Kier molecular flexibility index (Phi) is 3.60. The van der Waals surface area contributed by atoms with E-state index in [4.69, 9.17) is 10.5 Å². The smallest absolute Gasteiger partial charge is 0.215 e. The molecule has 19 heavy (non-hydrogen) atoms. The summed E-state index contributed by atoms with van der Waals surface area (Å²) in [5.74, 6) is 1.26. The van der Waals surface area contributed by atoms with E-state index in [1.165, 1.54) is 11.1 Å². The van der Waals surface area contributed by atoms with Gasteiger partial charge in [0.2, 0.25) is 5.88 Å². The van der Waals surface area contributed by atoms with Crippen LogP contribution in [0.4, 0.5) is 17.2 Å². The molecule has 1 heterocycles. The SMILES string of the molecule is COc1ccc(N)c(N(C)c2ccc(C)cc2C)n1. The Balaban J connectivity index is 2.46. The summed E-state index contributed by atoms with van der Waals surface area (Å²) in [6, 6.07) is 9.86. The number of aryl methyl sites for hydroxylation is 2. The van der Waals surface area contributed by atoms with Gasteiger partial charge >= 0.3 is 0 Å². The van der Waals surface area contributed by atoms with Gasteiger partial charge in [0.15, 0.2) is 5.82 Å². The molecule has 0 aliphatic rings. The van der Waals surface area contributed by atoms with Crippen LogP contribution in [0.25, 0.3) is 0 Å². The van der Waals surface area contributed by atoms with Crippen LogP contribution in [0.3, 0.4) is 0 Å². The lowest BCUT2D eigenvalue weighted by atomic mass is 10.1. The van der Waals surface area contributed by atoms with Gasteiger partial charge in [-0.1, -0.05) is 17.7 Å². The largest absolute Gasteiger partial charge is 0.481 e. The van der Waals surface area contributed by atoms with Gasteiger partial charge in [-0.2, -0.15) is 4.98 Å². The van der Waals surface area contributed by atoms with Gasteiger partial charge in [0.05, 0.1) is 12.8 Å². The molecule has 0 saturated heterocycles. The van der Waals surface area contributed by atoms with Crippen molar-refractivity contribution in [2.45, 2.75) is 13.8 Å². The van der Waals surface area contributed by atoms with Crippen LogP contribution in [0.15, 0.2) is 30.3 Å². The van der Waals surface area contributed by atoms with Crippen molar-refractivity contribution in [3.63, 3.8) is 0 Å². The normalized spacial score (nSPS) is 10.3. The van der Waals surface area contributed by atoms with E-state index in [0.717, 1.165) is 5.69 Å². The van der Waals surface area contributed by atoms with Crippen LogP contribution in [-0.2, 0) is 0 Å². The number of aromatic nitrogens is 1. The highest BCUT2D eigenvalue weighted by molar-refractivity contribution is 5.73. The maximum Gasteiger partial charge on any atom is 0.215 e. The van der Waals surface area contributed by atoms with Crippen LogP contribution >= 0.6 is 0 Å². The summed E-state index contributed by atoms with van der Waals surface area (Å²) in [6.07, 6.45) is 0. The highest BCUT2D eigenvalue weighted by Gasteiger charge is 2.12. The maximum absolute atomic E-state index is 6.00. The van der Waals surface area contributed by atoms with Crippen molar-refractivity contribution in [3.05, 3.63) is 41.5 Å². The summed E-state index contributed by atoms with van der Waals surface area (Å²) in [7, 11) is 3.55.